The van der Waals surface area contributed by atoms with Gasteiger partial charge in [-0.05, 0) is 72.8 Å². The van der Waals surface area contributed by atoms with Crippen LogP contribution in [0, 0.1) is 0 Å². The molecule has 1 N–H and O–H groups in total. The minimum Gasteiger partial charge on any atom is -0.267 e. The second kappa shape index (κ2) is 9.09. The average molecular weight is 448 g/mol. The zero-order valence-corrected chi connectivity index (χ0v) is 17.0. The van der Waals surface area contributed by atoms with E-state index in [1.54, 1.807) is 0 Å². The first-order chi connectivity index (χ1) is 13.8. The fourth-order valence-electron chi connectivity index (χ4n) is 2.40. The van der Waals surface area contributed by atoms with Crippen LogP contribution in [0.25, 0.3) is 0 Å². The molecule has 0 aromatic heterocycles. The van der Waals surface area contributed by atoms with Crippen LogP contribution >= 0.6 is 34.8 Å². The first kappa shape index (κ1) is 20.9. The lowest BCUT2D eigenvalue weighted by atomic mass is 10.1. The standard InChI is InChI=1S/C21H13Cl3N2O3/c22-16-7-1-13(2-8-16)19(27)25-26(20(28)14-3-9-17(23)10-4-14)21(29)15-5-11-18(24)12-6-15/h1-12H,(H,25,27). The highest BCUT2D eigenvalue weighted by Crippen LogP contribution is 2.16. The topological polar surface area (TPSA) is 66.5 Å². The number of hydrogen-bond donors (Lipinski definition) is 1. The third kappa shape index (κ3) is 5.15. The molecule has 5 nitrogen and oxygen atoms in total. The Hall–Kier alpha value is -2.86. The predicted molar refractivity (Wildman–Crippen MR) is 112 cm³/mol. The number of benzene rings is 3. The lowest BCUT2D eigenvalue weighted by Gasteiger charge is -2.22. The Labute approximate surface area is 181 Å². The van der Waals surface area contributed by atoms with Gasteiger partial charge in [-0.2, -0.15) is 5.01 Å². The van der Waals surface area contributed by atoms with Crippen LogP contribution in [-0.2, 0) is 0 Å². The Morgan fingerprint density at radius 2 is 0.862 bits per heavy atom. The molecule has 0 aliphatic heterocycles. The number of imide groups is 1. The molecule has 0 radical (unpaired) electrons. The summed E-state index contributed by atoms with van der Waals surface area (Å²) in [5.74, 6) is -2.08. The van der Waals surface area contributed by atoms with Crippen molar-refractivity contribution in [2.45, 2.75) is 0 Å². The van der Waals surface area contributed by atoms with Crippen molar-refractivity contribution in [3.8, 4) is 0 Å². The van der Waals surface area contributed by atoms with Crippen molar-refractivity contribution >= 4 is 52.5 Å². The SMILES string of the molecule is O=C(NN(C(=O)c1ccc(Cl)cc1)C(=O)c1ccc(Cl)cc1)c1ccc(Cl)cc1. The lowest BCUT2D eigenvalue weighted by Crippen LogP contribution is -2.49. The lowest BCUT2D eigenvalue weighted by molar-refractivity contribution is 0.0484. The first-order valence-electron chi connectivity index (χ1n) is 8.31. The van der Waals surface area contributed by atoms with Crippen LogP contribution in [-0.4, -0.2) is 22.7 Å². The molecule has 0 unspecified atom stereocenters. The van der Waals surface area contributed by atoms with E-state index in [4.69, 9.17) is 34.8 Å². The molecule has 3 aromatic carbocycles. The number of hydrogen-bond acceptors (Lipinski definition) is 3. The maximum atomic E-state index is 13.0. The second-order valence-electron chi connectivity index (χ2n) is 5.91. The fourth-order valence-corrected chi connectivity index (χ4v) is 2.78. The van der Waals surface area contributed by atoms with Crippen molar-refractivity contribution in [1.29, 1.82) is 0 Å². The molecule has 146 valence electrons. The Bertz CT molecular complexity index is 993. The molecule has 0 aliphatic carbocycles. The van der Waals surface area contributed by atoms with Crippen LogP contribution in [0.3, 0.4) is 0 Å². The van der Waals surface area contributed by atoms with Gasteiger partial charge in [0.05, 0.1) is 0 Å². The third-order valence-corrected chi connectivity index (χ3v) is 4.66. The van der Waals surface area contributed by atoms with E-state index < -0.39 is 17.7 Å². The molecule has 0 aliphatic rings. The van der Waals surface area contributed by atoms with Crippen LogP contribution in [0.4, 0.5) is 0 Å². The Morgan fingerprint density at radius 1 is 0.552 bits per heavy atom. The highest BCUT2D eigenvalue weighted by Gasteiger charge is 2.26. The molecular weight excluding hydrogens is 435 g/mol. The van der Waals surface area contributed by atoms with Crippen molar-refractivity contribution in [3.05, 3.63) is 105 Å². The van der Waals surface area contributed by atoms with Gasteiger partial charge in [-0.15, -0.1) is 0 Å². The van der Waals surface area contributed by atoms with Gasteiger partial charge in [0, 0.05) is 31.8 Å². The number of hydrazine groups is 1. The van der Waals surface area contributed by atoms with Crippen LogP contribution in [0.5, 0.6) is 0 Å². The van der Waals surface area contributed by atoms with E-state index in [1.165, 1.54) is 72.8 Å². The van der Waals surface area contributed by atoms with E-state index in [1.807, 2.05) is 0 Å². The zero-order chi connectivity index (χ0) is 21.0. The third-order valence-electron chi connectivity index (χ3n) is 3.91. The van der Waals surface area contributed by atoms with E-state index in [0.29, 0.717) is 20.1 Å². The fraction of sp³-hybridized carbons (Fsp3) is 0. The van der Waals surface area contributed by atoms with Crippen LogP contribution in [0.2, 0.25) is 15.1 Å². The van der Waals surface area contributed by atoms with Gasteiger partial charge in [0.25, 0.3) is 17.7 Å². The van der Waals surface area contributed by atoms with Gasteiger partial charge >= 0.3 is 0 Å². The molecule has 3 rings (SSSR count). The van der Waals surface area contributed by atoms with E-state index in [9.17, 15) is 14.4 Å². The molecule has 0 fully saturated rings. The Balaban J connectivity index is 1.93. The normalized spacial score (nSPS) is 10.3. The summed E-state index contributed by atoms with van der Waals surface area (Å²) in [5.41, 5.74) is 2.94. The number of carbonyl (C=O) groups is 3. The Morgan fingerprint density at radius 3 is 1.21 bits per heavy atom. The number of amides is 3. The highest BCUT2D eigenvalue weighted by atomic mass is 35.5. The molecular formula is C21H13Cl3N2O3. The van der Waals surface area contributed by atoms with Gasteiger partial charge < -0.3 is 0 Å². The van der Waals surface area contributed by atoms with Crippen molar-refractivity contribution < 1.29 is 14.4 Å². The molecule has 0 spiro atoms. The molecule has 0 heterocycles. The van der Waals surface area contributed by atoms with Crippen LogP contribution < -0.4 is 5.43 Å². The zero-order valence-electron chi connectivity index (χ0n) is 14.7. The molecule has 3 aromatic rings. The van der Waals surface area contributed by atoms with Gasteiger partial charge in [-0.1, -0.05) is 34.8 Å². The van der Waals surface area contributed by atoms with Gasteiger partial charge in [-0.25, -0.2) is 0 Å². The van der Waals surface area contributed by atoms with Gasteiger partial charge in [0.15, 0.2) is 0 Å². The molecule has 0 saturated heterocycles. The number of nitrogens with one attached hydrogen (secondary N) is 1. The number of carbonyl (C=O) groups excluding carboxylic acids is 3. The first-order valence-corrected chi connectivity index (χ1v) is 9.45. The van der Waals surface area contributed by atoms with Gasteiger partial charge in [0.2, 0.25) is 0 Å². The summed E-state index contributed by atoms with van der Waals surface area (Å²) in [6, 6.07) is 17.9. The maximum absolute atomic E-state index is 13.0. The number of nitrogens with zero attached hydrogens (tertiary/aromatic N) is 1. The summed E-state index contributed by atoms with van der Waals surface area (Å²) < 4.78 is 0. The van der Waals surface area contributed by atoms with Gasteiger partial charge in [-0.3, -0.25) is 19.8 Å². The maximum Gasteiger partial charge on any atom is 0.279 e. The van der Waals surface area contributed by atoms with Crippen molar-refractivity contribution in [3.63, 3.8) is 0 Å². The number of halogens is 3. The summed E-state index contributed by atoms with van der Waals surface area (Å²) in [7, 11) is 0. The van der Waals surface area contributed by atoms with Crippen LogP contribution in [0.1, 0.15) is 31.1 Å². The molecule has 3 amide bonds. The minimum absolute atomic E-state index is 0.174. The van der Waals surface area contributed by atoms with Crippen molar-refractivity contribution in [2.75, 3.05) is 0 Å². The largest absolute Gasteiger partial charge is 0.279 e. The van der Waals surface area contributed by atoms with E-state index in [2.05, 4.69) is 5.43 Å². The second-order valence-corrected chi connectivity index (χ2v) is 7.22. The minimum atomic E-state index is -0.719. The van der Waals surface area contributed by atoms with Crippen molar-refractivity contribution in [2.24, 2.45) is 0 Å². The molecule has 29 heavy (non-hydrogen) atoms. The quantitative estimate of drug-likeness (QED) is 0.439. The molecule has 0 atom stereocenters. The van der Waals surface area contributed by atoms with E-state index in [0.717, 1.165) is 0 Å². The summed E-state index contributed by atoms with van der Waals surface area (Å²) in [6.07, 6.45) is 0. The molecule has 8 heteroatoms. The van der Waals surface area contributed by atoms with E-state index in [-0.39, 0.29) is 16.7 Å². The predicted octanol–water partition coefficient (Wildman–Crippen LogP) is 5.27. The van der Waals surface area contributed by atoms with Gasteiger partial charge in [0.1, 0.15) is 0 Å². The molecule has 0 bridgehead atoms. The van der Waals surface area contributed by atoms with E-state index >= 15 is 0 Å². The highest BCUT2D eigenvalue weighted by molar-refractivity contribution is 6.31. The smallest absolute Gasteiger partial charge is 0.267 e. The van der Waals surface area contributed by atoms with Crippen molar-refractivity contribution in [1.82, 2.24) is 10.4 Å². The monoisotopic (exact) mass is 446 g/mol. The summed E-state index contributed by atoms with van der Waals surface area (Å²) >= 11 is 17.6. The Kier molecular flexibility index (Phi) is 6.54. The van der Waals surface area contributed by atoms with Crippen LogP contribution in [0.15, 0.2) is 72.8 Å². The summed E-state index contributed by atoms with van der Waals surface area (Å²) in [6.45, 7) is 0. The summed E-state index contributed by atoms with van der Waals surface area (Å²) in [4.78, 5) is 38.5. The number of rotatable bonds is 3. The average Bonchev–Trinajstić information content (AvgIpc) is 2.72. The molecule has 0 saturated carbocycles. The summed E-state index contributed by atoms with van der Waals surface area (Å²) in [5, 5.41) is 1.97.